The van der Waals surface area contributed by atoms with Gasteiger partial charge in [0.2, 0.25) is 0 Å². The van der Waals surface area contributed by atoms with Gasteiger partial charge in [-0.3, -0.25) is 4.79 Å². The predicted molar refractivity (Wildman–Crippen MR) is 43.0 cm³/mol. The van der Waals surface area contributed by atoms with Crippen molar-refractivity contribution in [2.45, 2.75) is 32.7 Å². The van der Waals surface area contributed by atoms with Gasteiger partial charge in [0.25, 0.3) is 0 Å². The number of ketones is 1. The van der Waals surface area contributed by atoms with E-state index in [2.05, 4.69) is 5.32 Å². The van der Waals surface area contributed by atoms with Crippen LogP contribution in [0.25, 0.3) is 0 Å². The van der Waals surface area contributed by atoms with Gasteiger partial charge >= 0.3 is 0 Å². The van der Waals surface area contributed by atoms with Crippen LogP contribution in [0.1, 0.15) is 28.1 Å². The van der Waals surface area contributed by atoms with E-state index in [0.717, 1.165) is 19.4 Å². The molecule has 1 fully saturated rings. The van der Waals surface area contributed by atoms with Crippen LogP contribution >= 0.6 is 0 Å². The molecule has 1 unspecified atom stereocenters. The Bertz CT molecular complexity index is 130. The molecule has 0 saturated carbocycles. The Kier molecular flexibility index (Phi) is 2.44. The summed E-state index contributed by atoms with van der Waals surface area (Å²) in [5.41, 5.74) is 0. The average Bonchev–Trinajstić information content (AvgIpc) is 2.36. The highest BCUT2D eigenvalue weighted by Gasteiger charge is 2.23. The Morgan fingerprint density at radius 2 is 2.40 bits per heavy atom. The van der Waals surface area contributed by atoms with E-state index in [1.807, 2.05) is 13.8 Å². The van der Waals surface area contributed by atoms with E-state index in [4.69, 9.17) is 0 Å². The van der Waals surface area contributed by atoms with Gasteiger partial charge in [-0.15, -0.1) is 0 Å². The number of carbonyl (C=O) groups is 1. The van der Waals surface area contributed by atoms with Crippen LogP contribution in [0.3, 0.4) is 0 Å². The van der Waals surface area contributed by atoms with Gasteiger partial charge in [0.15, 0.2) is 5.78 Å². The fourth-order valence-electron chi connectivity index (χ4n) is 1.33. The number of nitrogens with one attached hydrogen (secondary N) is 1. The maximum atomic E-state index is 11.3. The molecule has 0 aromatic heterocycles. The fraction of sp³-hybridized carbons (Fsp3) is 0.875. The van der Waals surface area contributed by atoms with E-state index in [9.17, 15) is 4.79 Å². The Labute approximate surface area is 63.5 Å². The first-order valence-electron chi connectivity index (χ1n) is 3.99. The molecule has 10 heavy (non-hydrogen) atoms. The molecular formula is C8H17NO. The number of Topliss-reactive ketones (excluding diaryl/α,β-unsaturated/α-hetero) is 1. The first kappa shape index (κ1) is 7.73. The van der Waals surface area contributed by atoms with Crippen molar-refractivity contribution in [2.75, 3.05) is 6.54 Å². The summed E-state index contributed by atoms with van der Waals surface area (Å²) < 4.78 is 0. The lowest BCUT2D eigenvalue weighted by molar-refractivity contribution is -0.123. The van der Waals surface area contributed by atoms with Crippen LogP contribution in [0.5, 0.6) is 0 Å². The molecule has 1 atom stereocenters. The van der Waals surface area contributed by atoms with Gasteiger partial charge in [-0.2, -0.15) is 0 Å². The quantitative estimate of drug-likeness (QED) is 0.629. The van der Waals surface area contributed by atoms with Gasteiger partial charge in [-0.1, -0.05) is 13.8 Å². The van der Waals surface area contributed by atoms with Gasteiger partial charge < -0.3 is 5.32 Å². The average molecular weight is 143 g/mol. The monoisotopic (exact) mass is 143 g/mol. The highest BCUT2D eigenvalue weighted by Crippen LogP contribution is 2.10. The molecule has 1 heterocycles. The van der Waals surface area contributed by atoms with Crippen molar-refractivity contribution in [3.63, 3.8) is 0 Å². The van der Waals surface area contributed by atoms with E-state index in [1.54, 1.807) is 0 Å². The van der Waals surface area contributed by atoms with Gasteiger partial charge in [0.05, 0.1) is 6.04 Å². The van der Waals surface area contributed by atoms with Crippen molar-refractivity contribution in [1.29, 1.82) is 0 Å². The molecule has 1 saturated heterocycles. The molecule has 0 amide bonds. The normalized spacial score (nSPS) is 25.7. The molecule has 0 spiro atoms. The van der Waals surface area contributed by atoms with Crippen LogP contribution < -0.4 is 5.32 Å². The van der Waals surface area contributed by atoms with Gasteiger partial charge in [0.1, 0.15) is 0 Å². The van der Waals surface area contributed by atoms with Gasteiger partial charge in [0, 0.05) is 7.34 Å². The van der Waals surface area contributed by atoms with E-state index >= 15 is 0 Å². The third-order valence-electron chi connectivity index (χ3n) is 1.97. The first-order chi connectivity index (χ1) is 4.72. The summed E-state index contributed by atoms with van der Waals surface area (Å²) in [5.74, 6) is 0.563. The molecule has 0 radical (unpaired) electrons. The number of carbonyl (C=O) groups excluding carboxylic acids is 1. The minimum atomic E-state index is 0. The van der Waals surface area contributed by atoms with Crippen LogP contribution in [-0.4, -0.2) is 18.4 Å². The molecular weight excluding hydrogens is 126 g/mol. The SMILES string of the molecule is CC(C)C(=O)C1CCCN1.[HH]. The van der Waals surface area contributed by atoms with Gasteiger partial charge in [-0.05, 0) is 19.4 Å². The number of hydrogen-bond donors (Lipinski definition) is 1. The molecule has 2 nitrogen and oxygen atoms in total. The first-order valence-corrected chi connectivity index (χ1v) is 3.99. The second-order valence-corrected chi connectivity index (χ2v) is 3.21. The molecule has 60 valence electrons. The zero-order chi connectivity index (χ0) is 7.56. The largest absolute Gasteiger partial charge is 0.307 e. The highest BCUT2D eigenvalue weighted by atomic mass is 16.1. The zero-order valence-corrected chi connectivity index (χ0v) is 6.68. The molecule has 1 N–H and O–H groups in total. The maximum absolute atomic E-state index is 11.3. The van der Waals surface area contributed by atoms with Crippen LogP contribution in [-0.2, 0) is 4.79 Å². The van der Waals surface area contributed by atoms with E-state index in [0.29, 0.717) is 5.78 Å². The standard InChI is InChI=1S/C8H15NO.H2/c1-6(2)8(10)7-4-3-5-9-7;/h6-7,9H,3-5H2,1-2H3;1H. The molecule has 2 heteroatoms. The smallest absolute Gasteiger partial charge is 0.152 e. The maximum Gasteiger partial charge on any atom is 0.152 e. The molecule has 0 aliphatic carbocycles. The zero-order valence-electron chi connectivity index (χ0n) is 6.68. The van der Waals surface area contributed by atoms with E-state index in [1.165, 1.54) is 0 Å². The second kappa shape index (κ2) is 3.15. The van der Waals surface area contributed by atoms with Crippen molar-refractivity contribution in [3.05, 3.63) is 0 Å². The topological polar surface area (TPSA) is 29.1 Å². The minimum Gasteiger partial charge on any atom is -0.307 e. The Hall–Kier alpha value is -0.370. The van der Waals surface area contributed by atoms with Crippen LogP contribution in [0.2, 0.25) is 0 Å². The van der Waals surface area contributed by atoms with Crippen molar-refractivity contribution >= 4 is 5.78 Å². The predicted octanol–water partition coefficient (Wildman–Crippen LogP) is 1.21. The van der Waals surface area contributed by atoms with Crippen LogP contribution in [0.15, 0.2) is 0 Å². The lowest BCUT2D eigenvalue weighted by Crippen LogP contribution is -2.33. The summed E-state index contributed by atoms with van der Waals surface area (Å²) in [5, 5.41) is 3.19. The van der Waals surface area contributed by atoms with Gasteiger partial charge in [-0.25, -0.2) is 0 Å². The Balaban J connectivity index is 0.000001000. The fourth-order valence-corrected chi connectivity index (χ4v) is 1.33. The highest BCUT2D eigenvalue weighted by molar-refractivity contribution is 5.85. The summed E-state index contributed by atoms with van der Waals surface area (Å²) in [6.07, 6.45) is 2.19. The Morgan fingerprint density at radius 3 is 2.80 bits per heavy atom. The number of rotatable bonds is 2. The lowest BCUT2D eigenvalue weighted by atomic mass is 10.0. The molecule has 0 aromatic carbocycles. The molecule has 1 aliphatic rings. The summed E-state index contributed by atoms with van der Waals surface area (Å²) in [6.45, 7) is 4.94. The third-order valence-corrected chi connectivity index (χ3v) is 1.97. The van der Waals surface area contributed by atoms with E-state index < -0.39 is 0 Å². The number of hydrogen-bond acceptors (Lipinski definition) is 2. The van der Waals surface area contributed by atoms with Crippen LogP contribution in [0.4, 0.5) is 0 Å². The van der Waals surface area contributed by atoms with Crippen LogP contribution in [0, 0.1) is 5.92 Å². The summed E-state index contributed by atoms with van der Waals surface area (Å²) in [4.78, 5) is 11.3. The summed E-state index contributed by atoms with van der Waals surface area (Å²) >= 11 is 0. The van der Waals surface area contributed by atoms with Crippen molar-refractivity contribution < 1.29 is 6.22 Å². The summed E-state index contributed by atoms with van der Waals surface area (Å²) in [7, 11) is 0. The molecule has 0 bridgehead atoms. The molecule has 1 rings (SSSR count). The van der Waals surface area contributed by atoms with Crippen molar-refractivity contribution in [2.24, 2.45) is 5.92 Å². The molecule has 0 aromatic rings. The second-order valence-electron chi connectivity index (χ2n) is 3.21. The van der Waals surface area contributed by atoms with Crippen molar-refractivity contribution in [1.82, 2.24) is 5.32 Å². The van der Waals surface area contributed by atoms with E-state index in [-0.39, 0.29) is 13.4 Å². The third kappa shape index (κ3) is 1.57. The minimum absolute atomic E-state index is 0. The van der Waals surface area contributed by atoms with Crippen molar-refractivity contribution in [3.8, 4) is 0 Å². The molecule has 1 aliphatic heterocycles. The Morgan fingerprint density at radius 1 is 1.70 bits per heavy atom. The lowest BCUT2D eigenvalue weighted by Gasteiger charge is -2.10. The summed E-state index contributed by atoms with van der Waals surface area (Å²) in [6, 6.07) is 0.167.